The molecule has 0 aromatic heterocycles. The molecule has 15 heavy (non-hydrogen) atoms. The van der Waals surface area contributed by atoms with Gasteiger partial charge in [0.1, 0.15) is 5.75 Å². The van der Waals surface area contributed by atoms with Crippen LogP contribution in [0.3, 0.4) is 0 Å². The van der Waals surface area contributed by atoms with E-state index in [0.29, 0.717) is 11.4 Å². The molecular weight excluding hydrogens is 214 g/mol. The molecule has 0 aliphatic carbocycles. The first-order chi connectivity index (χ1) is 7.17. The largest absolute Gasteiger partial charge is 0.508 e. The molecule has 80 valence electrons. The maximum absolute atomic E-state index is 11.0. The Kier molecular flexibility index (Phi) is 4.09. The summed E-state index contributed by atoms with van der Waals surface area (Å²) in [7, 11) is 1.30. The molecule has 0 fully saturated rings. The fourth-order valence-electron chi connectivity index (χ4n) is 1.14. The van der Waals surface area contributed by atoms with Crippen molar-refractivity contribution in [1.82, 2.24) is 0 Å². The summed E-state index contributed by atoms with van der Waals surface area (Å²) in [5, 5.41) is 8.72. The Morgan fingerprint density at radius 2 is 2.13 bits per heavy atom. The topological polar surface area (TPSA) is 70.3 Å². The van der Waals surface area contributed by atoms with Crippen LogP contribution in [0.4, 0.5) is 0 Å². The molecule has 1 aromatic rings. The predicted molar refractivity (Wildman–Crippen MR) is 56.8 cm³/mol. The van der Waals surface area contributed by atoms with E-state index in [-0.39, 0.29) is 23.4 Å². The molecule has 0 amide bonds. The van der Waals surface area contributed by atoms with E-state index in [9.17, 15) is 4.79 Å². The maximum Gasteiger partial charge on any atom is 0.307 e. The number of phenols is 1. The van der Waals surface area contributed by atoms with Crippen molar-refractivity contribution in [2.24, 2.45) is 0 Å². The van der Waals surface area contributed by atoms with Crippen LogP contribution in [0.1, 0.15) is 17.2 Å². The SMILES string of the molecule is COC(=O)CC(S#N)c1ccc(O)cc1. The third kappa shape index (κ3) is 3.23. The van der Waals surface area contributed by atoms with Crippen molar-refractivity contribution in [3.8, 4) is 5.75 Å². The minimum atomic E-state index is -0.380. The molecule has 4 nitrogen and oxygen atoms in total. The number of phenolic OH excluding ortho intramolecular Hbond substituents is 1. The fourth-order valence-corrected chi connectivity index (χ4v) is 1.63. The minimum Gasteiger partial charge on any atom is -0.508 e. The lowest BCUT2D eigenvalue weighted by molar-refractivity contribution is -0.140. The lowest BCUT2D eigenvalue weighted by Crippen LogP contribution is -2.04. The summed E-state index contributed by atoms with van der Waals surface area (Å²) in [6.07, 6.45) is 0.0996. The number of nitrogens with zero attached hydrogens (tertiary/aromatic N) is 1. The number of carbonyl (C=O) groups is 1. The highest BCUT2D eigenvalue weighted by molar-refractivity contribution is 7.85. The van der Waals surface area contributed by atoms with Gasteiger partial charge in [-0.1, -0.05) is 12.1 Å². The van der Waals surface area contributed by atoms with E-state index in [0.717, 1.165) is 5.56 Å². The first kappa shape index (κ1) is 11.5. The maximum atomic E-state index is 11.0. The van der Waals surface area contributed by atoms with Gasteiger partial charge in [-0.25, -0.2) is 0 Å². The van der Waals surface area contributed by atoms with E-state index in [1.165, 1.54) is 19.2 Å². The molecule has 0 aliphatic rings. The van der Waals surface area contributed by atoms with Crippen molar-refractivity contribution >= 4 is 17.4 Å². The van der Waals surface area contributed by atoms with Crippen LogP contribution in [0.5, 0.6) is 5.75 Å². The third-order valence-electron chi connectivity index (χ3n) is 1.97. The van der Waals surface area contributed by atoms with Crippen LogP contribution in [-0.4, -0.2) is 18.2 Å². The molecule has 0 heterocycles. The first-order valence-corrected chi connectivity index (χ1v) is 5.17. The molecule has 0 spiro atoms. The summed E-state index contributed by atoms with van der Waals surface area (Å²) >= 11 is 0.590. The van der Waals surface area contributed by atoms with Crippen molar-refractivity contribution in [2.75, 3.05) is 7.11 Å². The summed E-state index contributed by atoms with van der Waals surface area (Å²) < 4.78 is 13.6. The van der Waals surface area contributed by atoms with Gasteiger partial charge in [0.25, 0.3) is 0 Å². The molecule has 1 rings (SSSR count). The van der Waals surface area contributed by atoms with E-state index < -0.39 is 0 Å². The Labute approximate surface area is 91.5 Å². The standard InChI is InChI=1S/C10H11NO3S/c1-14-10(13)6-9(15-11)7-2-4-8(12)5-3-7/h2-5,9,12H,6H2,1H3. The van der Waals surface area contributed by atoms with Gasteiger partial charge in [0, 0.05) is 11.4 Å². The number of benzene rings is 1. The summed E-state index contributed by atoms with van der Waals surface area (Å²) in [6.45, 7) is 0. The molecule has 0 saturated carbocycles. The lowest BCUT2D eigenvalue weighted by Gasteiger charge is -2.07. The number of ether oxygens (including phenoxy) is 1. The van der Waals surface area contributed by atoms with Gasteiger partial charge in [-0.3, -0.25) is 4.79 Å². The second-order valence-electron chi connectivity index (χ2n) is 2.97. The van der Waals surface area contributed by atoms with Gasteiger partial charge in [-0.05, 0) is 17.7 Å². The number of methoxy groups -OCH3 is 1. The van der Waals surface area contributed by atoms with Crippen LogP contribution >= 0.6 is 11.4 Å². The van der Waals surface area contributed by atoms with E-state index in [1.807, 2.05) is 0 Å². The van der Waals surface area contributed by atoms with Gasteiger partial charge in [0.2, 0.25) is 0 Å². The number of esters is 1. The quantitative estimate of drug-likeness (QED) is 0.800. The average Bonchev–Trinajstić information content (AvgIpc) is 2.27. The highest BCUT2D eigenvalue weighted by Crippen LogP contribution is 2.27. The zero-order valence-corrected chi connectivity index (χ0v) is 9.03. The Balaban J connectivity index is 2.80. The first-order valence-electron chi connectivity index (χ1n) is 4.33. The van der Waals surface area contributed by atoms with Crippen molar-refractivity contribution in [3.63, 3.8) is 0 Å². The highest BCUT2D eigenvalue weighted by atomic mass is 32.1. The minimum absolute atomic E-state index is 0.0996. The van der Waals surface area contributed by atoms with Crippen LogP contribution in [0.2, 0.25) is 0 Å². The van der Waals surface area contributed by atoms with E-state index in [1.54, 1.807) is 12.1 Å². The number of rotatable bonds is 3. The summed E-state index contributed by atoms with van der Waals surface area (Å²) in [6, 6.07) is 6.34. The average molecular weight is 225 g/mol. The molecule has 0 aliphatic heterocycles. The van der Waals surface area contributed by atoms with Crippen LogP contribution in [0, 0.1) is 4.61 Å². The van der Waals surface area contributed by atoms with Gasteiger partial charge in [-0.2, -0.15) is 4.61 Å². The van der Waals surface area contributed by atoms with E-state index >= 15 is 0 Å². The number of hydrogen-bond donors (Lipinski definition) is 1. The molecule has 1 unspecified atom stereocenters. The van der Waals surface area contributed by atoms with Crippen molar-refractivity contribution in [1.29, 1.82) is 4.61 Å². The smallest absolute Gasteiger partial charge is 0.307 e. The fraction of sp³-hybridized carbons (Fsp3) is 0.300. The summed E-state index contributed by atoms with van der Waals surface area (Å²) in [5.74, 6) is -0.229. The third-order valence-corrected chi connectivity index (χ3v) is 2.67. The second kappa shape index (κ2) is 5.34. The molecule has 5 heteroatoms. The van der Waals surface area contributed by atoms with Gasteiger partial charge < -0.3 is 9.84 Å². The Hall–Kier alpha value is -1.58. The molecular formula is C10H11NO3S. The van der Waals surface area contributed by atoms with Crippen LogP contribution < -0.4 is 0 Å². The van der Waals surface area contributed by atoms with Crippen LogP contribution in [0.15, 0.2) is 24.3 Å². The predicted octanol–water partition coefficient (Wildman–Crippen LogP) is 2.21. The Morgan fingerprint density at radius 1 is 1.53 bits per heavy atom. The lowest BCUT2D eigenvalue weighted by atomic mass is 10.1. The second-order valence-corrected chi connectivity index (χ2v) is 3.75. The molecule has 0 radical (unpaired) electrons. The van der Waals surface area contributed by atoms with Crippen molar-refractivity contribution in [2.45, 2.75) is 11.7 Å². The monoisotopic (exact) mass is 225 g/mol. The van der Waals surface area contributed by atoms with Crippen molar-refractivity contribution in [3.05, 3.63) is 29.8 Å². The summed E-state index contributed by atoms with van der Waals surface area (Å²) in [5.41, 5.74) is 0.769. The summed E-state index contributed by atoms with van der Waals surface area (Å²) in [4.78, 5) is 11.0. The van der Waals surface area contributed by atoms with Gasteiger partial charge in [-0.15, -0.1) is 0 Å². The Bertz CT molecular complexity index is 383. The molecule has 1 N–H and O–H groups in total. The van der Waals surface area contributed by atoms with Gasteiger partial charge in [0.15, 0.2) is 0 Å². The molecule has 0 bridgehead atoms. The number of aromatic hydroxyl groups is 1. The van der Waals surface area contributed by atoms with Gasteiger partial charge >= 0.3 is 5.97 Å². The van der Waals surface area contributed by atoms with Gasteiger partial charge in [0.05, 0.1) is 18.8 Å². The normalized spacial score (nSPS) is 11.7. The van der Waals surface area contributed by atoms with Crippen molar-refractivity contribution < 1.29 is 14.6 Å². The zero-order chi connectivity index (χ0) is 11.3. The van der Waals surface area contributed by atoms with E-state index in [4.69, 9.17) is 9.71 Å². The number of carbonyl (C=O) groups excluding carboxylic acids is 1. The zero-order valence-electron chi connectivity index (χ0n) is 8.21. The van der Waals surface area contributed by atoms with Crippen LogP contribution in [-0.2, 0) is 9.53 Å². The Morgan fingerprint density at radius 3 is 2.60 bits per heavy atom. The molecule has 1 aromatic carbocycles. The highest BCUT2D eigenvalue weighted by Gasteiger charge is 2.15. The molecule has 1 atom stereocenters. The van der Waals surface area contributed by atoms with Crippen LogP contribution in [0.25, 0.3) is 0 Å². The molecule has 0 saturated heterocycles. The number of hydrogen-bond acceptors (Lipinski definition) is 4. The van der Waals surface area contributed by atoms with E-state index in [2.05, 4.69) is 4.74 Å².